The molecule has 1 aliphatic heterocycles. The Morgan fingerprint density at radius 3 is 2.72 bits per heavy atom. The summed E-state index contributed by atoms with van der Waals surface area (Å²) >= 11 is 0. The van der Waals surface area contributed by atoms with Gasteiger partial charge in [-0.05, 0) is 43.4 Å². The molecule has 1 saturated heterocycles. The van der Waals surface area contributed by atoms with E-state index >= 15 is 0 Å². The van der Waals surface area contributed by atoms with Crippen molar-refractivity contribution >= 4 is 5.91 Å². The number of nitrogens with zero attached hydrogens (tertiary/aromatic N) is 1. The molecule has 0 aromatic carbocycles. The molecule has 0 unspecified atom stereocenters. The van der Waals surface area contributed by atoms with Crippen LogP contribution in [0.25, 0.3) is 0 Å². The lowest BCUT2D eigenvalue weighted by molar-refractivity contribution is -0.137. The van der Waals surface area contributed by atoms with Crippen LogP contribution in [0.4, 0.5) is 0 Å². The molecule has 0 bridgehead atoms. The van der Waals surface area contributed by atoms with E-state index in [-0.39, 0.29) is 17.9 Å². The molecule has 0 aromatic rings. The van der Waals surface area contributed by atoms with Gasteiger partial charge < -0.3 is 10.6 Å². The number of piperidine rings is 1. The number of allylic oxidation sites excluding steroid dienone is 2. The van der Waals surface area contributed by atoms with Crippen LogP contribution in [0.15, 0.2) is 12.2 Å². The predicted molar refractivity (Wildman–Crippen MR) is 74.1 cm³/mol. The topological polar surface area (TPSA) is 46.3 Å². The maximum absolute atomic E-state index is 12.3. The molecular formula is C15H26N2O. The van der Waals surface area contributed by atoms with Crippen LogP contribution in [0.2, 0.25) is 0 Å². The third kappa shape index (κ3) is 2.77. The Bertz CT molecular complexity index is 337. The smallest absolute Gasteiger partial charge is 0.239 e. The van der Waals surface area contributed by atoms with E-state index in [0.717, 1.165) is 32.4 Å². The number of nitrogens with two attached hydrogens (primary N) is 1. The van der Waals surface area contributed by atoms with Crippen molar-refractivity contribution in [2.24, 2.45) is 17.1 Å². The molecular weight excluding hydrogens is 224 g/mol. The summed E-state index contributed by atoms with van der Waals surface area (Å²) in [4.78, 5) is 14.4. The van der Waals surface area contributed by atoms with Gasteiger partial charge in [0, 0.05) is 13.1 Å². The van der Waals surface area contributed by atoms with E-state index in [4.69, 9.17) is 5.73 Å². The summed E-state index contributed by atoms with van der Waals surface area (Å²) < 4.78 is 0. The van der Waals surface area contributed by atoms with Crippen LogP contribution in [0, 0.1) is 11.3 Å². The van der Waals surface area contributed by atoms with Crippen molar-refractivity contribution in [3.63, 3.8) is 0 Å². The lowest BCUT2D eigenvalue weighted by atomic mass is 9.71. The Balaban J connectivity index is 2.02. The number of rotatable bonds is 2. The number of carbonyl (C=O) groups excluding carboxylic acids is 1. The Hall–Kier alpha value is -0.830. The highest BCUT2D eigenvalue weighted by atomic mass is 16.2. The molecule has 102 valence electrons. The molecule has 3 heteroatoms. The molecule has 2 atom stereocenters. The van der Waals surface area contributed by atoms with Crippen molar-refractivity contribution in [2.45, 2.75) is 52.0 Å². The molecule has 1 spiro atoms. The van der Waals surface area contributed by atoms with Crippen LogP contribution < -0.4 is 5.73 Å². The van der Waals surface area contributed by atoms with Crippen molar-refractivity contribution in [3.8, 4) is 0 Å². The van der Waals surface area contributed by atoms with Gasteiger partial charge in [-0.2, -0.15) is 0 Å². The average molecular weight is 250 g/mol. The SMILES string of the molecule is CC(C)[C@H](N)C(=O)N1CCC[C@]2(CC=CCC2)C1. The highest BCUT2D eigenvalue weighted by molar-refractivity contribution is 5.82. The van der Waals surface area contributed by atoms with E-state index in [2.05, 4.69) is 12.2 Å². The lowest BCUT2D eigenvalue weighted by Crippen LogP contribution is -2.53. The first-order valence-corrected chi connectivity index (χ1v) is 7.23. The predicted octanol–water partition coefficient (Wildman–Crippen LogP) is 2.32. The standard InChI is InChI=1S/C15H26N2O/c1-12(2)13(16)14(18)17-10-6-9-15(11-17)7-4-3-5-8-15/h3-4,12-13H,5-11,16H2,1-2H3/t13-,15+/m0/s1. The van der Waals surface area contributed by atoms with Crippen LogP contribution >= 0.6 is 0 Å². The van der Waals surface area contributed by atoms with Crippen LogP contribution in [0.5, 0.6) is 0 Å². The van der Waals surface area contributed by atoms with Crippen molar-refractivity contribution in [2.75, 3.05) is 13.1 Å². The highest BCUT2D eigenvalue weighted by Gasteiger charge is 2.38. The first-order chi connectivity index (χ1) is 8.54. The second-order valence-electron chi connectivity index (χ2n) is 6.35. The van der Waals surface area contributed by atoms with Gasteiger partial charge in [-0.1, -0.05) is 26.0 Å². The number of amides is 1. The van der Waals surface area contributed by atoms with Crippen molar-refractivity contribution in [3.05, 3.63) is 12.2 Å². The molecule has 0 saturated carbocycles. The summed E-state index contributed by atoms with van der Waals surface area (Å²) in [6.45, 7) is 5.85. The van der Waals surface area contributed by atoms with Gasteiger partial charge in [-0.3, -0.25) is 4.79 Å². The molecule has 1 amide bonds. The molecule has 18 heavy (non-hydrogen) atoms. The summed E-state index contributed by atoms with van der Waals surface area (Å²) in [5.74, 6) is 0.375. The Morgan fingerprint density at radius 2 is 2.11 bits per heavy atom. The summed E-state index contributed by atoms with van der Waals surface area (Å²) in [5.41, 5.74) is 6.35. The Kier molecular flexibility index (Phi) is 4.10. The highest BCUT2D eigenvalue weighted by Crippen LogP contribution is 2.40. The van der Waals surface area contributed by atoms with Gasteiger partial charge in [0.25, 0.3) is 0 Å². The lowest BCUT2D eigenvalue weighted by Gasteiger charge is -2.44. The monoisotopic (exact) mass is 250 g/mol. The number of hydrogen-bond acceptors (Lipinski definition) is 2. The zero-order valence-corrected chi connectivity index (χ0v) is 11.7. The van der Waals surface area contributed by atoms with Crippen molar-refractivity contribution in [1.82, 2.24) is 4.90 Å². The molecule has 0 aromatic heterocycles. The fourth-order valence-corrected chi connectivity index (χ4v) is 3.21. The first kappa shape index (κ1) is 13.6. The van der Waals surface area contributed by atoms with Gasteiger partial charge in [-0.15, -0.1) is 0 Å². The van der Waals surface area contributed by atoms with E-state index < -0.39 is 0 Å². The summed E-state index contributed by atoms with van der Waals surface area (Å²) in [5, 5.41) is 0. The van der Waals surface area contributed by atoms with Crippen molar-refractivity contribution < 1.29 is 4.79 Å². The minimum absolute atomic E-state index is 0.152. The molecule has 2 rings (SSSR count). The van der Waals surface area contributed by atoms with Gasteiger partial charge in [0.1, 0.15) is 0 Å². The molecule has 0 radical (unpaired) electrons. The minimum Gasteiger partial charge on any atom is -0.341 e. The van der Waals surface area contributed by atoms with E-state index in [1.54, 1.807) is 0 Å². The Morgan fingerprint density at radius 1 is 1.33 bits per heavy atom. The largest absolute Gasteiger partial charge is 0.341 e. The molecule has 3 nitrogen and oxygen atoms in total. The van der Waals surface area contributed by atoms with E-state index in [0.29, 0.717) is 5.41 Å². The van der Waals surface area contributed by atoms with E-state index in [1.807, 2.05) is 18.7 Å². The normalized spacial score (nSPS) is 29.9. The van der Waals surface area contributed by atoms with Crippen LogP contribution in [0.3, 0.4) is 0 Å². The Labute approximate surface area is 110 Å². The second kappa shape index (κ2) is 5.43. The summed E-state index contributed by atoms with van der Waals surface area (Å²) in [6.07, 6.45) is 10.5. The molecule has 1 fully saturated rings. The average Bonchev–Trinajstić information content (AvgIpc) is 2.38. The quantitative estimate of drug-likeness (QED) is 0.765. The van der Waals surface area contributed by atoms with Crippen LogP contribution in [-0.2, 0) is 4.79 Å². The van der Waals surface area contributed by atoms with Gasteiger partial charge >= 0.3 is 0 Å². The third-order valence-corrected chi connectivity index (χ3v) is 4.54. The fraction of sp³-hybridized carbons (Fsp3) is 0.800. The number of hydrogen-bond donors (Lipinski definition) is 1. The summed E-state index contributed by atoms with van der Waals surface area (Å²) in [7, 11) is 0. The third-order valence-electron chi connectivity index (χ3n) is 4.54. The van der Waals surface area contributed by atoms with Gasteiger partial charge in [0.2, 0.25) is 5.91 Å². The minimum atomic E-state index is -0.334. The van der Waals surface area contributed by atoms with Gasteiger partial charge in [-0.25, -0.2) is 0 Å². The second-order valence-corrected chi connectivity index (χ2v) is 6.35. The molecule has 1 aliphatic carbocycles. The molecule has 2 N–H and O–H groups in total. The summed E-state index contributed by atoms with van der Waals surface area (Å²) in [6, 6.07) is -0.334. The van der Waals surface area contributed by atoms with Crippen molar-refractivity contribution in [1.29, 1.82) is 0 Å². The van der Waals surface area contributed by atoms with Crippen LogP contribution in [-0.4, -0.2) is 29.9 Å². The van der Waals surface area contributed by atoms with E-state index in [1.165, 1.54) is 12.8 Å². The van der Waals surface area contributed by atoms with Gasteiger partial charge in [0.15, 0.2) is 0 Å². The number of carbonyl (C=O) groups is 1. The molecule has 2 aliphatic rings. The zero-order chi connectivity index (χ0) is 13.2. The molecule has 1 heterocycles. The van der Waals surface area contributed by atoms with Gasteiger partial charge in [0.05, 0.1) is 6.04 Å². The maximum Gasteiger partial charge on any atom is 0.239 e. The number of likely N-dealkylation sites (tertiary alicyclic amines) is 1. The first-order valence-electron chi connectivity index (χ1n) is 7.23. The van der Waals surface area contributed by atoms with E-state index in [9.17, 15) is 4.79 Å². The maximum atomic E-state index is 12.3. The fourth-order valence-electron chi connectivity index (χ4n) is 3.21. The van der Waals surface area contributed by atoms with Crippen LogP contribution in [0.1, 0.15) is 46.0 Å². The zero-order valence-electron chi connectivity index (χ0n) is 11.7.